The maximum atomic E-state index is 14.0. The van der Waals surface area contributed by atoms with E-state index in [1.165, 1.54) is 24.9 Å². The molecule has 2 aliphatic rings. The second kappa shape index (κ2) is 18.6. The zero-order valence-corrected chi connectivity index (χ0v) is 33.7. The van der Waals surface area contributed by atoms with Crippen molar-refractivity contribution in [2.24, 2.45) is 0 Å². The second-order valence-electron chi connectivity index (χ2n) is 14.0. The molecule has 7 atom stereocenters. The number of aromatic nitrogens is 6. The fraction of sp³-hybridized carbons (Fsp3) is 0.268. The number of carbonyl (C=O) groups is 3. The summed E-state index contributed by atoms with van der Waals surface area (Å²) in [4.78, 5) is 68.9. The lowest BCUT2D eigenvalue weighted by Crippen LogP contribution is -2.32. The van der Waals surface area contributed by atoms with E-state index in [9.17, 15) is 28.8 Å². The van der Waals surface area contributed by atoms with Crippen LogP contribution < -0.4 is 16.3 Å². The van der Waals surface area contributed by atoms with Gasteiger partial charge in [0.2, 0.25) is 0 Å². The molecule has 0 bridgehead atoms. The van der Waals surface area contributed by atoms with Crippen LogP contribution in [0.3, 0.4) is 0 Å². The van der Waals surface area contributed by atoms with Gasteiger partial charge in [-0.1, -0.05) is 54.6 Å². The van der Waals surface area contributed by atoms with Crippen molar-refractivity contribution in [3.8, 4) is 0 Å². The van der Waals surface area contributed by atoms with Crippen LogP contribution in [0.5, 0.6) is 0 Å². The van der Waals surface area contributed by atoms with Crippen LogP contribution in [0.1, 0.15) is 56.4 Å². The van der Waals surface area contributed by atoms with E-state index in [4.69, 9.17) is 27.8 Å². The summed E-state index contributed by atoms with van der Waals surface area (Å²) in [6.07, 6.45) is -1.94. The monoisotopic (exact) mass is 868 g/mol. The van der Waals surface area contributed by atoms with E-state index in [0.717, 1.165) is 11.7 Å². The zero-order chi connectivity index (χ0) is 43.2. The van der Waals surface area contributed by atoms with Gasteiger partial charge in [-0.05, 0) is 42.5 Å². The molecule has 0 saturated carbocycles. The van der Waals surface area contributed by atoms with E-state index in [-0.39, 0.29) is 35.6 Å². The van der Waals surface area contributed by atoms with Crippen LogP contribution in [0.25, 0.3) is 11.2 Å². The van der Waals surface area contributed by atoms with Gasteiger partial charge in [0.1, 0.15) is 49.0 Å². The van der Waals surface area contributed by atoms with Gasteiger partial charge in [0.15, 0.2) is 17.0 Å². The van der Waals surface area contributed by atoms with Crippen LogP contribution >= 0.6 is 7.82 Å². The summed E-state index contributed by atoms with van der Waals surface area (Å²) in [6.45, 7) is -1.04. The highest BCUT2D eigenvalue weighted by Crippen LogP contribution is 2.53. The normalized spacial score (nSPS) is 21.9. The Morgan fingerprint density at radius 3 is 2.06 bits per heavy atom. The predicted molar refractivity (Wildman–Crippen MR) is 218 cm³/mol. The van der Waals surface area contributed by atoms with Gasteiger partial charge in [-0.2, -0.15) is 4.98 Å². The third kappa shape index (κ3) is 9.36. The molecule has 1 unspecified atom stereocenters. The molecule has 2 amide bonds. The molecule has 5 heterocycles. The van der Waals surface area contributed by atoms with Crippen molar-refractivity contribution < 1.29 is 51.8 Å². The summed E-state index contributed by atoms with van der Waals surface area (Å²) in [5.41, 5.74) is 0.888. The van der Waals surface area contributed by atoms with Crippen molar-refractivity contribution in [3.05, 3.63) is 143 Å². The van der Waals surface area contributed by atoms with E-state index >= 15 is 0 Å². The number of amides is 2. The Kier molecular flexibility index (Phi) is 12.7. The summed E-state index contributed by atoms with van der Waals surface area (Å²) >= 11 is 0. The average molecular weight is 869 g/mol. The fourth-order valence-electron chi connectivity index (χ4n) is 6.93. The number of aliphatic hydroxyl groups excluding tert-OH is 1. The molecule has 0 aliphatic carbocycles. The second-order valence-corrected chi connectivity index (χ2v) is 15.7. The van der Waals surface area contributed by atoms with Gasteiger partial charge in [0, 0.05) is 37.3 Å². The number of anilines is 2. The lowest BCUT2D eigenvalue weighted by molar-refractivity contribution is -0.0605. The van der Waals surface area contributed by atoms with Crippen molar-refractivity contribution in [2.45, 2.75) is 49.7 Å². The van der Waals surface area contributed by atoms with Crippen molar-refractivity contribution in [3.63, 3.8) is 0 Å². The third-order valence-corrected chi connectivity index (χ3v) is 11.5. The number of hydrogen-bond donors (Lipinski definition) is 3. The van der Waals surface area contributed by atoms with Crippen LogP contribution in [0.15, 0.2) is 121 Å². The number of ether oxygens (including phenoxy) is 3. The Bertz CT molecular complexity index is 2650. The SMILES string of the molecule is COP(=[18O])(OC[C@H]1O[C@@H](n2cnc3c(NC(=O)c4ccccc4)ncnc32)C[C@@H]1OC(=O)c1ccccc1)O[C@H]1C[C@H](n2ccc(NC(=O)c3ccccc3)nc2=O)O[C@@H]1CO. The molecule has 2 saturated heterocycles. The molecule has 3 aromatic heterocycles. The fourth-order valence-corrected chi connectivity index (χ4v) is 8.07. The Morgan fingerprint density at radius 2 is 1.42 bits per heavy atom. The van der Waals surface area contributed by atoms with Crippen molar-refractivity contribution >= 4 is 48.4 Å². The molecule has 0 spiro atoms. The van der Waals surface area contributed by atoms with Gasteiger partial charge < -0.3 is 30.0 Å². The summed E-state index contributed by atoms with van der Waals surface area (Å²) in [7, 11) is -3.35. The van der Waals surface area contributed by atoms with Crippen molar-refractivity contribution in [2.75, 3.05) is 31.0 Å². The molecule has 21 heteroatoms. The molecule has 2 aliphatic heterocycles. The van der Waals surface area contributed by atoms with Crippen LogP contribution in [0.2, 0.25) is 0 Å². The molecule has 2 fully saturated rings. The van der Waals surface area contributed by atoms with E-state index in [1.54, 1.807) is 95.6 Å². The number of nitrogens with one attached hydrogen (secondary N) is 2. The van der Waals surface area contributed by atoms with E-state index in [2.05, 4.69) is 30.6 Å². The number of hydrogen-bond acceptors (Lipinski definition) is 16. The Hall–Kier alpha value is -6.51. The van der Waals surface area contributed by atoms with E-state index in [0.29, 0.717) is 16.8 Å². The number of aliphatic hydroxyl groups is 1. The summed E-state index contributed by atoms with van der Waals surface area (Å²) in [6, 6.07) is 26.7. The highest BCUT2D eigenvalue weighted by atomic mass is 31.2. The highest BCUT2D eigenvalue weighted by Gasteiger charge is 2.45. The lowest BCUT2D eigenvalue weighted by atomic mass is 10.1. The zero-order valence-electron chi connectivity index (χ0n) is 32.8. The van der Waals surface area contributed by atoms with E-state index in [1.807, 2.05) is 0 Å². The highest BCUT2D eigenvalue weighted by molar-refractivity contribution is 7.48. The molecule has 0 radical (unpaired) electrons. The maximum absolute atomic E-state index is 14.0. The van der Waals surface area contributed by atoms with Gasteiger partial charge in [-0.15, -0.1) is 0 Å². The number of esters is 1. The van der Waals surface area contributed by atoms with Gasteiger partial charge >= 0.3 is 19.5 Å². The number of carbonyl (C=O) groups excluding carboxylic acids is 3. The molecule has 20 nitrogen and oxygen atoms in total. The molecule has 8 rings (SSSR count). The first-order chi connectivity index (χ1) is 30.1. The van der Waals surface area contributed by atoms with Crippen LogP contribution in [0.4, 0.5) is 11.6 Å². The summed E-state index contributed by atoms with van der Waals surface area (Å²) in [5.74, 6) is -1.33. The number of benzene rings is 3. The molecule has 62 heavy (non-hydrogen) atoms. The Morgan fingerprint density at radius 1 is 0.806 bits per heavy atom. The van der Waals surface area contributed by atoms with Crippen LogP contribution in [-0.4, -0.2) is 96.7 Å². The molecule has 3 aromatic carbocycles. The average Bonchev–Trinajstić information content (AvgIpc) is 4.03. The molecule has 6 aromatic rings. The first-order valence-corrected chi connectivity index (χ1v) is 20.7. The molecule has 3 N–H and O–H groups in total. The third-order valence-electron chi connectivity index (χ3n) is 10.0. The first-order valence-electron chi connectivity index (χ1n) is 19.3. The summed E-state index contributed by atoms with van der Waals surface area (Å²) < 4.78 is 51.8. The van der Waals surface area contributed by atoms with Crippen LogP contribution in [-0.2, 0) is 32.3 Å². The summed E-state index contributed by atoms with van der Waals surface area (Å²) in [5, 5.41) is 15.5. The number of nitrogens with zero attached hydrogens (tertiary/aromatic N) is 6. The molecular formula is C41H39N8O12P. The van der Waals surface area contributed by atoms with Gasteiger partial charge in [-0.25, -0.2) is 29.1 Å². The predicted octanol–water partition coefficient (Wildman–Crippen LogP) is 4.54. The van der Waals surface area contributed by atoms with Gasteiger partial charge in [0.25, 0.3) is 11.8 Å². The quantitative estimate of drug-likeness (QED) is 0.0729. The van der Waals surface area contributed by atoms with Crippen LogP contribution in [0, 0.1) is 0 Å². The minimum Gasteiger partial charge on any atom is -0.456 e. The standard InChI is InChI=1S/C41H39N8O12P/c1-56-62(55,61-29-20-33(58-30(29)21-50)48-18-17-32(46-41(48)54)45-38(51)25-11-5-2-6-12-25)57-22-31-28(60-40(53)27-15-9-4-10-16-27)19-34(59-31)49-24-44-35-36(42-23-43-37(35)49)47-39(52)26-13-7-3-8-14-26/h2-18,23-24,28-31,33-34,50H,19-22H2,1H3,(H,42,43,47,52)(H,45,46,51,54)/t28-,29-,30+,31+,33+,34+,62?/m0/s1/i55+2. The lowest BCUT2D eigenvalue weighted by Gasteiger charge is -2.24. The minimum absolute atomic E-state index is 0.0117. The molecule has 320 valence electrons. The number of phosphoric acid groups is 1. The topological polar surface area (TPSA) is 246 Å². The maximum Gasteiger partial charge on any atom is 0.474 e. The van der Waals surface area contributed by atoms with Gasteiger partial charge in [0.05, 0.1) is 25.1 Å². The van der Waals surface area contributed by atoms with Crippen molar-refractivity contribution in [1.29, 1.82) is 0 Å². The minimum atomic E-state index is -4.46. The molecular weight excluding hydrogens is 829 g/mol. The Balaban J connectivity index is 0.962. The number of rotatable bonds is 15. The largest absolute Gasteiger partial charge is 0.474 e. The van der Waals surface area contributed by atoms with Gasteiger partial charge in [-0.3, -0.25) is 32.3 Å². The number of phosphoric ester groups is 1. The Labute approximate surface area is 352 Å². The van der Waals surface area contributed by atoms with Crippen molar-refractivity contribution in [1.82, 2.24) is 29.1 Å². The smallest absolute Gasteiger partial charge is 0.456 e. The first kappa shape index (κ1) is 42.2. The number of imidazole rings is 1. The number of fused-ring (bicyclic) bond motifs is 1. The van der Waals surface area contributed by atoms with E-state index < -0.39 is 81.4 Å².